The van der Waals surface area contributed by atoms with Gasteiger partial charge < -0.3 is 19.5 Å². The Labute approximate surface area is 198 Å². The summed E-state index contributed by atoms with van der Waals surface area (Å²) < 4.78 is 16.2. The number of esters is 1. The number of amides is 1. The van der Waals surface area contributed by atoms with Crippen molar-refractivity contribution in [3.8, 4) is 22.1 Å². The van der Waals surface area contributed by atoms with E-state index in [0.29, 0.717) is 33.3 Å². The zero-order valence-corrected chi connectivity index (χ0v) is 19.5. The maximum atomic E-state index is 12.4. The van der Waals surface area contributed by atoms with Gasteiger partial charge in [-0.25, -0.2) is 9.78 Å². The van der Waals surface area contributed by atoms with Gasteiger partial charge in [-0.1, -0.05) is 12.1 Å². The number of aromatic nitrogens is 1. The zero-order valence-electron chi connectivity index (χ0n) is 17.9. The van der Waals surface area contributed by atoms with Gasteiger partial charge in [0.15, 0.2) is 11.5 Å². The van der Waals surface area contributed by atoms with E-state index in [0.717, 1.165) is 10.6 Å². The van der Waals surface area contributed by atoms with Crippen molar-refractivity contribution in [2.24, 2.45) is 0 Å². The molecule has 33 heavy (non-hydrogen) atoms. The van der Waals surface area contributed by atoms with Crippen LogP contribution < -0.4 is 14.8 Å². The zero-order chi connectivity index (χ0) is 23.2. The standard InChI is InChI=1S/C24H20N2O5S2/c1-29-19-6-3-5-18(21(19)30-2)23-26-17(14-33-23)13-31-24(28)15-8-10-16(11-9-15)25-22(27)20-7-4-12-32-20/h3-12,14H,13H2,1-2H3,(H,25,27). The number of para-hydroxylation sites is 1. The Kier molecular flexibility index (Phi) is 7.01. The Balaban J connectivity index is 1.37. The highest BCUT2D eigenvalue weighted by Gasteiger charge is 2.16. The lowest BCUT2D eigenvalue weighted by Crippen LogP contribution is -2.10. The third-order valence-electron chi connectivity index (χ3n) is 4.66. The van der Waals surface area contributed by atoms with E-state index in [9.17, 15) is 9.59 Å². The lowest BCUT2D eigenvalue weighted by Gasteiger charge is -2.10. The van der Waals surface area contributed by atoms with Gasteiger partial charge in [-0.2, -0.15) is 0 Å². The summed E-state index contributed by atoms with van der Waals surface area (Å²) in [6.45, 7) is 0.0402. The maximum Gasteiger partial charge on any atom is 0.338 e. The van der Waals surface area contributed by atoms with Crippen molar-refractivity contribution in [1.29, 1.82) is 0 Å². The molecule has 1 N–H and O–H groups in total. The number of thiazole rings is 1. The van der Waals surface area contributed by atoms with Crippen LogP contribution in [0.2, 0.25) is 0 Å². The number of nitrogens with one attached hydrogen (secondary N) is 1. The number of carbonyl (C=O) groups is 2. The molecule has 4 aromatic rings. The van der Waals surface area contributed by atoms with Crippen LogP contribution in [0.5, 0.6) is 11.5 Å². The summed E-state index contributed by atoms with van der Waals surface area (Å²) in [4.78, 5) is 29.7. The number of thiophene rings is 1. The molecule has 0 aliphatic rings. The molecule has 0 spiro atoms. The fraction of sp³-hybridized carbons (Fsp3) is 0.125. The van der Waals surface area contributed by atoms with Crippen LogP contribution in [0.3, 0.4) is 0 Å². The molecule has 9 heteroatoms. The summed E-state index contributed by atoms with van der Waals surface area (Å²) in [5.74, 6) is 0.560. The summed E-state index contributed by atoms with van der Waals surface area (Å²) in [6.07, 6.45) is 0. The normalized spacial score (nSPS) is 10.5. The molecule has 1 amide bonds. The highest BCUT2D eigenvalue weighted by Crippen LogP contribution is 2.39. The smallest absolute Gasteiger partial charge is 0.338 e. The summed E-state index contributed by atoms with van der Waals surface area (Å²) in [7, 11) is 3.16. The second-order valence-electron chi connectivity index (χ2n) is 6.77. The van der Waals surface area contributed by atoms with E-state index in [4.69, 9.17) is 14.2 Å². The van der Waals surface area contributed by atoms with Crippen molar-refractivity contribution in [2.75, 3.05) is 19.5 Å². The van der Waals surface area contributed by atoms with E-state index in [2.05, 4.69) is 10.3 Å². The monoisotopic (exact) mass is 480 g/mol. The van der Waals surface area contributed by atoms with Gasteiger partial charge >= 0.3 is 5.97 Å². The molecule has 0 fully saturated rings. The Bertz CT molecular complexity index is 1250. The molecule has 0 aliphatic heterocycles. The number of hydrogen-bond acceptors (Lipinski definition) is 8. The van der Waals surface area contributed by atoms with Crippen molar-refractivity contribution in [3.05, 3.63) is 81.5 Å². The fourth-order valence-electron chi connectivity index (χ4n) is 3.07. The van der Waals surface area contributed by atoms with Crippen molar-refractivity contribution in [2.45, 2.75) is 6.61 Å². The van der Waals surface area contributed by atoms with Gasteiger partial charge in [0.05, 0.1) is 35.9 Å². The fourth-order valence-corrected chi connectivity index (χ4v) is 4.51. The summed E-state index contributed by atoms with van der Waals surface area (Å²) in [5.41, 5.74) is 2.42. The first-order valence-electron chi connectivity index (χ1n) is 9.87. The van der Waals surface area contributed by atoms with Gasteiger partial charge in [-0.05, 0) is 47.8 Å². The molecule has 168 valence electrons. The van der Waals surface area contributed by atoms with E-state index in [1.807, 2.05) is 35.0 Å². The van der Waals surface area contributed by atoms with Crippen molar-refractivity contribution in [1.82, 2.24) is 4.98 Å². The minimum atomic E-state index is -0.473. The molecule has 2 aromatic heterocycles. The number of anilines is 1. The van der Waals surface area contributed by atoms with E-state index >= 15 is 0 Å². The second-order valence-corrected chi connectivity index (χ2v) is 8.58. The van der Waals surface area contributed by atoms with Crippen molar-refractivity contribution in [3.63, 3.8) is 0 Å². The molecule has 0 saturated heterocycles. The SMILES string of the molecule is COc1cccc(-c2nc(COC(=O)c3ccc(NC(=O)c4cccs4)cc3)cs2)c1OC. The highest BCUT2D eigenvalue weighted by atomic mass is 32.1. The average Bonchev–Trinajstić information content (AvgIpc) is 3.55. The largest absolute Gasteiger partial charge is 0.493 e. The van der Waals surface area contributed by atoms with Gasteiger partial charge in [-0.3, -0.25) is 4.79 Å². The number of benzene rings is 2. The number of hydrogen-bond donors (Lipinski definition) is 1. The molecule has 2 heterocycles. The average molecular weight is 481 g/mol. The second kappa shape index (κ2) is 10.3. The summed E-state index contributed by atoms with van der Waals surface area (Å²) in [6, 6.07) is 15.7. The number of ether oxygens (including phenoxy) is 3. The number of rotatable bonds is 8. The molecule has 0 saturated carbocycles. The molecule has 2 aromatic carbocycles. The summed E-state index contributed by atoms with van der Waals surface area (Å²) in [5, 5.41) is 7.21. The number of carbonyl (C=O) groups excluding carboxylic acids is 2. The van der Waals surface area contributed by atoms with Gasteiger partial charge in [0.25, 0.3) is 5.91 Å². The van der Waals surface area contributed by atoms with Crippen LogP contribution in [-0.4, -0.2) is 31.1 Å². The predicted octanol–water partition coefficient (Wildman–Crippen LogP) is 5.50. The first-order chi connectivity index (χ1) is 16.1. The van der Waals surface area contributed by atoms with Gasteiger partial charge in [0, 0.05) is 11.1 Å². The van der Waals surface area contributed by atoms with Gasteiger partial charge in [0.1, 0.15) is 11.6 Å². The van der Waals surface area contributed by atoms with E-state index in [-0.39, 0.29) is 12.5 Å². The molecule has 7 nitrogen and oxygen atoms in total. The third-order valence-corrected chi connectivity index (χ3v) is 6.45. The van der Waals surface area contributed by atoms with Crippen molar-refractivity contribution < 1.29 is 23.8 Å². The van der Waals surface area contributed by atoms with E-state index < -0.39 is 5.97 Å². The highest BCUT2D eigenvalue weighted by molar-refractivity contribution is 7.13. The van der Waals surface area contributed by atoms with E-state index in [1.165, 1.54) is 22.7 Å². The van der Waals surface area contributed by atoms with Crippen LogP contribution in [0.1, 0.15) is 25.7 Å². The first-order valence-corrected chi connectivity index (χ1v) is 11.6. The van der Waals surface area contributed by atoms with Gasteiger partial charge in [0.2, 0.25) is 0 Å². The molecular weight excluding hydrogens is 460 g/mol. The van der Waals surface area contributed by atoms with Crippen LogP contribution >= 0.6 is 22.7 Å². The molecule has 0 radical (unpaired) electrons. The van der Waals surface area contributed by atoms with E-state index in [1.54, 1.807) is 44.6 Å². The number of methoxy groups -OCH3 is 2. The van der Waals surface area contributed by atoms with Crippen LogP contribution in [0.25, 0.3) is 10.6 Å². The predicted molar refractivity (Wildman–Crippen MR) is 128 cm³/mol. The minimum Gasteiger partial charge on any atom is -0.493 e. The lowest BCUT2D eigenvalue weighted by molar-refractivity contribution is 0.0468. The quantitative estimate of drug-likeness (QED) is 0.335. The Morgan fingerprint density at radius 2 is 1.79 bits per heavy atom. The van der Waals surface area contributed by atoms with Crippen LogP contribution in [-0.2, 0) is 11.3 Å². The number of nitrogens with zero attached hydrogens (tertiary/aromatic N) is 1. The molecule has 0 bridgehead atoms. The molecule has 0 aliphatic carbocycles. The Morgan fingerprint density at radius 3 is 2.48 bits per heavy atom. The molecule has 4 rings (SSSR count). The molecule has 0 atom stereocenters. The minimum absolute atomic E-state index is 0.0402. The Hall–Kier alpha value is -3.69. The van der Waals surface area contributed by atoms with Crippen LogP contribution in [0.15, 0.2) is 65.4 Å². The Morgan fingerprint density at radius 1 is 0.970 bits per heavy atom. The lowest BCUT2D eigenvalue weighted by atomic mass is 10.2. The topological polar surface area (TPSA) is 86.8 Å². The molecule has 0 unspecified atom stereocenters. The molecular formula is C24H20N2O5S2. The van der Waals surface area contributed by atoms with Gasteiger partial charge in [-0.15, -0.1) is 22.7 Å². The maximum absolute atomic E-state index is 12.4. The van der Waals surface area contributed by atoms with Crippen LogP contribution in [0, 0.1) is 0 Å². The third kappa shape index (κ3) is 5.21. The van der Waals surface area contributed by atoms with Crippen LogP contribution in [0.4, 0.5) is 5.69 Å². The van der Waals surface area contributed by atoms with Crippen molar-refractivity contribution >= 4 is 40.2 Å². The first kappa shape index (κ1) is 22.5. The summed E-state index contributed by atoms with van der Waals surface area (Å²) >= 11 is 2.79.